The first-order valence-electron chi connectivity index (χ1n) is 8.19. The number of nitrogens with one attached hydrogen (secondary N) is 1. The third kappa shape index (κ3) is 6.30. The lowest BCUT2D eigenvalue weighted by atomic mass is 10.2. The first-order valence-corrected chi connectivity index (χ1v) is 9.89. The molecule has 136 valence electrons. The van der Waals surface area contributed by atoms with Crippen molar-refractivity contribution in [2.45, 2.75) is 30.0 Å². The molecule has 1 amide bonds. The van der Waals surface area contributed by atoms with Gasteiger partial charge in [-0.1, -0.05) is 53.4 Å². The Morgan fingerprint density at radius 1 is 1.36 bits per heavy atom. The minimum absolute atomic E-state index is 0.112. The Morgan fingerprint density at radius 2 is 2.12 bits per heavy atom. The zero-order valence-corrected chi connectivity index (χ0v) is 16.4. The molecule has 0 fully saturated rings. The van der Waals surface area contributed by atoms with Gasteiger partial charge in [-0.2, -0.15) is 0 Å². The summed E-state index contributed by atoms with van der Waals surface area (Å²) in [5.41, 5.74) is 1.13. The molecule has 2 rings (SSSR count). The number of hydrogen-bond donors (Lipinski definition) is 1. The van der Waals surface area contributed by atoms with E-state index in [1.807, 2.05) is 49.1 Å². The van der Waals surface area contributed by atoms with E-state index in [0.717, 1.165) is 15.0 Å². The summed E-state index contributed by atoms with van der Waals surface area (Å²) in [6.07, 6.45) is 0. The molecule has 6 nitrogen and oxygen atoms in total. The maximum absolute atomic E-state index is 12.7. The number of carbonyl (C=O) groups excluding carboxylic acids is 1. The van der Waals surface area contributed by atoms with Crippen molar-refractivity contribution >= 4 is 34.1 Å². The summed E-state index contributed by atoms with van der Waals surface area (Å²) in [5.74, 6) is 0.112. The number of rotatable bonds is 10. The van der Waals surface area contributed by atoms with Gasteiger partial charge < -0.3 is 15.0 Å². The summed E-state index contributed by atoms with van der Waals surface area (Å²) in [4.78, 5) is 14.6. The van der Waals surface area contributed by atoms with E-state index in [0.29, 0.717) is 26.2 Å². The van der Waals surface area contributed by atoms with Gasteiger partial charge in [-0.15, -0.1) is 10.2 Å². The highest BCUT2D eigenvalue weighted by Crippen LogP contribution is 2.29. The van der Waals surface area contributed by atoms with Crippen LogP contribution in [0.4, 0.5) is 5.13 Å². The second-order valence-corrected chi connectivity index (χ2v) is 7.96. The molecule has 8 heteroatoms. The molecule has 0 spiro atoms. The fourth-order valence-electron chi connectivity index (χ4n) is 2.20. The highest BCUT2D eigenvalue weighted by Gasteiger charge is 2.22. The lowest BCUT2D eigenvalue weighted by Gasteiger charge is -2.23. The van der Waals surface area contributed by atoms with E-state index in [2.05, 4.69) is 15.5 Å². The molecule has 0 aliphatic carbocycles. The number of nitrogens with zero attached hydrogens (tertiary/aromatic N) is 3. The third-order valence-corrected chi connectivity index (χ3v) is 5.58. The van der Waals surface area contributed by atoms with Crippen LogP contribution < -0.4 is 5.32 Å². The molecule has 0 aliphatic rings. The van der Waals surface area contributed by atoms with Gasteiger partial charge in [0.05, 0.1) is 11.9 Å². The Labute approximate surface area is 157 Å². The van der Waals surface area contributed by atoms with Gasteiger partial charge in [0, 0.05) is 26.7 Å². The van der Waals surface area contributed by atoms with Crippen LogP contribution in [0.25, 0.3) is 0 Å². The predicted molar refractivity (Wildman–Crippen MR) is 103 cm³/mol. The monoisotopic (exact) mass is 380 g/mol. The molecule has 1 aromatic carbocycles. The summed E-state index contributed by atoms with van der Waals surface area (Å²) < 4.78 is 5.78. The number of ether oxygens (including phenoxy) is 1. The van der Waals surface area contributed by atoms with Crippen molar-refractivity contribution in [2.24, 2.45) is 0 Å². The fourth-order valence-corrected chi connectivity index (χ4v) is 4.20. The van der Waals surface area contributed by atoms with Gasteiger partial charge in [0.1, 0.15) is 0 Å². The van der Waals surface area contributed by atoms with E-state index in [1.165, 1.54) is 23.1 Å². The zero-order chi connectivity index (χ0) is 18.1. The summed E-state index contributed by atoms with van der Waals surface area (Å²) in [6.45, 7) is 6.52. The van der Waals surface area contributed by atoms with Crippen LogP contribution in [-0.4, -0.2) is 53.1 Å². The number of carbonyl (C=O) groups is 1. The Balaban J connectivity index is 1.90. The Hall–Kier alpha value is -1.64. The molecule has 1 aromatic heterocycles. The summed E-state index contributed by atoms with van der Waals surface area (Å²) >= 11 is 2.90. The van der Waals surface area contributed by atoms with Gasteiger partial charge >= 0.3 is 0 Å². The Kier molecular flexibility index (Phi) is 8.17. The highest BCUT2D eigenvalue weighted by atomic mass is 32.2. The molecule has 0 bridgehead atoms. The molecule has 1 N–H and O–H groups in total. The van der Waals surface area contributed by atoms with Gasteiger partial charge in [0.25, 0.3) is 0 Å². The van der Waals surface area contributed by atoms with Crippen molar-refractivity contribution in [1.29, 1.82) is 0 Å². The van der Waals surface area contributed by atoms with Crippen LogP contribution in [0.2, 0.25) is 0 Å². The lowest BCUT2D eigenvalue weighted by molar-refractivity contribution is -0.130. The SMILES string of the molecule is CCN(Cc1ccccc1)C(=O)C(C)Sc1nnc(NCCOC)s1. The van der Waals surface area contributed by atoms with Crippen molar-refractivity contribution in [1.82, 2.24) is 15.1 Å². The number of hydrogen-bond acceptors (Lipinski definition) is 7. The quantitative estimate of drug-likeness (QED) is 0.505. The van der Waals surface area contributed by atoms with Gasteiger partial charge in [0.2, 0.25) is 11.0 Å². The maximum Gasteiger partial charge on any atom is 0.236 e. The van der Waals surface area contributed by atoms with Crippen LogP contribution in [0, 0.1) is 0 Å². The second-order valence-electron chi connectivity index (χ2n) is 5.39. The van der Waals surface area contributed by atoms with Crippen LogP contribution >= 0.6 is 23.1 Å². The van der Waals surface area contributed by atoms with Crippen LogP contribution in [0.15, 0.2) is 34.7 Å². The van der Waals surface area contributed by atoms with Gasteiger partial charge in [-0.3, -0.25) is 4.79 Å². The highest BCUT2D eigenvalue weighted by molar-refractivity contribution is 8.02. The van der Waals surface area contributed by atoms with Crippen molar-refractivity contribution in [3.8, 4) is 0 Å². The van der Waals surface area contributed by atoms with Crippen LogP contribution in [0.1, 0.15) is 19.4 Å². The summed E-state index contributed by atoms with van der Waals surface area (Å²) in [5, 5.41) is 11.9. The van der Waals surface area contributed by atoms with Crippen molar-refractivity contribution in [2.75, 3.05) is 32.1 Å². The van der Waals surface area contributed by atoms with E-state index in [9.17, 15) is 4.79 Å². The fraction of sp³-hybridized carbons (Fsp3) is 0.471. The molecule has 1 atom stereocenters. The largest absolute Gasteiger partial charge is 0.383 e. The Morgan fingerprint density at radius 3 is 2.80 bits per heavy atom. The topological polar surface area (TPSA) is 67.4 Å². The minimum atomic E-state index is -0.205. The molecule has 25 heavy (non-hydrogen) atoms. The molecular weight excluding hydrogens is 356 g/mol. The van der Waals surface area contributed by atoms with E-state index in [4.69, 9.17) is 4.74 Å². The number of anilines is 1. The Bertz CT molecular complexity index is 651. The normalized spacial score (nSPS) is 12.0. The number of amides is 1. The van der Waals surface area contributed by atoms with Crippen LogP contribution in [-0.2, 0) is 16.1 Å². The van der Waals surface area contributed by atoms with Crippen molar-refractivity contribution in [3.63, 3.8) is 0 Å². The van der Waals surface area contributed by atoms with E-state index in [-0.39, 0.29) is 11.2 Å². The summed E-state index contributed by atoms with van der Waals surface area (Å²) in [7, 11) is 1.66. The van der Waals surface area contributed by atoms with E-state index < -0.39 is 0 Å². The number of aromatic nitrogens is 2. The first kappa shape index (κ1) is 19.7. The molecule has 1 unspecified atom stereocenters. The predicted octanol–water partition coefficient (Wildman–Crippen LogP) is 3.13. The molecule has 0 saturated carbocycles. The van der Waals surface area contributed by atoms with Crippen LogP contribution in [0.3, 0.4) is 0 Å². The van der Waals surface area contributed by atoms with Gasteiger partial charge in [-0.25, -0.2) is 0 Å². The number of methoxy groups -OCH3 is 1. The van der Waals surface area contributed by atoms with Gasteiger partial charge in [-0.05, 0) is 19.4 Å². The molecule has 0 radical (unpaired) electrons. The first-order chi connectivity index (χ1) is 12.1. The molecular formula is C17H24N4O2S2. The molecule has 1 heterocycles. The third-order valence-electron chi connectivity index (χ3n) is 3.52. The average Bonchev–Trinajstić information content (AvgIpc) is 3.07. The minimum Gasteiger partial charge on any atom is -0.383 e. The zero-order valence-electron chi connectivity index (χ0n) is 14.8. The average molecular weight is 381 g/mol. The molecule has 0 aliphatic heterocycles. The smallest absolute Gasteiger partial charge is 0.236 e. The molecule has 2 aromatic rings. The molecule has 0 saturated heterocycles. The number of thioether (sulfide) groups is 1. The standard InChI is InChI=1S/C17H24N4O2S2/c1-4-21(12-14-8-6-5-7-9-14)15(22)13(2)24-17-20-19-16(25-17)18-10-11-23-3/h5-9,13H,4,10-12H2,1-3H3,(H,18,19). The van der Waals surface area contributed by atoms with Crippen LogP contribution in [0.5, 0.6) is 0 Å². The second kappa shape index (κ2) is 10.4. The van der Waals surface area contributed by atoms with Crippen molar-refractivity contribution in [3.05, 3.63) is 35.9 Å². The number of benzene rings is 1. The van der Waals surface area contributed by atoms with Crippen molar-refractivity contribution < 1.29 is 9.53 Å². The summed E-state index contributed by atoms with van der Waals surface area (Å²) in [6, 6.07) is 10.0. The maximum atomic E-state index is 12.7. The van der Waals surface area contributed by atoms with E-state index in [1.54, 1.807) is 7.11 Å². The van der Waals surface area contributed by atoms with E-state index >= 15 is 0 Å². The lowest BCUT2D eigenvalue weighted by Crippen LogP contribution is -2.35. The van der Waals surface area contributed by atoms with Gasteiger partial charge in [0.15, 0.2) is 4.34 Å².